The summed E-state index contributed by atoms with van der Waals surface area (Å²) in [6, 6.07) is 0. The van der Waals surface area contributed by atoms with E-state index in [9.17, 15) is 4.79 Å². The van der Waals surface area contributed by atoms with E-state index in [-0.39, 0.29) is 0 Å². The van der Waals surface area contributed by atoms with Crippen LogP contribution in [0.5, 0.6) is 0 Å². The van der Waals surface area contributed by atoms with Crippen LogP contribution < -0.4 is 0 Å². The van der Waals surface area contributed by atoms with Crippen LogP contribution in [0.1, 0.15) is 37.4 Å². The standard InChI is InChI=1S/C17H28N4O2S/c1-14-18-16(19-23-14)12-15-4-8-21(9-5-15)17(22)13-24-11-10-20-6-2-3-7-20/h15H,2-13H2,1H3. The van der Waals surface area contributed by atoms with Crippen molar-refractivity contribution in [3.8, 4) is 0 Å². The van der Waals surface area contributed by atoms with Crippen molar-refractivity contribution in [2.45, 2.75) is 39.0 Å². The summed E-state index contributed by atoms with van der Waals surface area (Å²) in [6.45, 7) is 7.16. The molecule has 2 fully saturated rings. The van der Waals surface area contributed by atoms with Gasteiger partial charge >= 0.3 is 0 Å². The summed E-state index contributed by atoms with van der Waals surface area (Å²) in [5.41, 5.74) is 0. The smallest absolute Gasteiger partial charge is 0.232 e. The van der Waals surface area contributed by atoms with Crippen LogP contribution in [0.3, 0.4) is 0 Å². The molecule has 0 N–H and O–H groups in total. The van der Waals surface area contributed by atoms with Crippen LogP contribution in [-0.2, 0) is 11.2 Å². The molecule has 3 heterocycles. The minimum absolute atomic E-state index is 0.301. The summed E-state index contributed by atoms with van der Waals surface area (Å²) < 4.78 is 5.03. The molecule has 1 aromatic rings. The first-order valence-electron chi connectivity index (χ1n) is 9.08. The predicted molar refractivity (Wildman–Crippen MR) is 95.0 cm³/mol. The summed E-state index contributed by atoms with van der Waals surface area (Å²) >= 11 is 1.78. The van der Waals surface area contributed by atoms with Crippen molar-refractivity contribution in [1.29, 1.82) is 0 Å². The molecule has 134 valence electrons. The van der Waals surface area contributed by atoms with E-state index in [0.717, 1.165) is 50.5 Å². The van der Waals surface area contributed by atoms with Gasteiger partial charge in [-0.05, 0) is 44.7 Å². The van der Waals surface area contributed by atoms with Crippen molar-refractivity contribution < 1.29 is 9.32 Å². The molecular weight excluding hydrogens is 324 g/mol. The largest absolute Gasteiger partial charge is 0.342 e. The maximum Gasteiger partial charge on any atom is 0.232 e. The number of hydrogen-bond donors (Lipinski definition) is 0. The van der Waals surface area contributed by atoms with E-state index in [0.29, 0.717) is 23.5 Å². The fraction of sp³-hybridized carbons (Fsp3) is 0.824. The molecule has 0 unspecified atom stereocenters. The van der Waals surface area contributed by atoms with E-state index in [1.54, 1.807) is 11.8 Å². The van der Waals surface area contributed by atoms with Gasteiger partial charge < -0.3 is 14.3 Å². The first kappa shape index (κ1) is 17.7. The van der Waals surface area contributed by atoms with Gasteiger partial charge in [0, 0.05) is 38.7 Å². The van der Waals surface area contributed by atoms with E-state index in [2.05, 4.69) is 15.0 Å². The first-order valence-corrected chi connectivity index (χ1v) is 10.2. The number of thioether (sulfide) groups is 1. The van der Waals surface area contributed by atoms with Crippen molar-refractivity contribution in [3.05, 3.63) is 11.7 Å². The lowest BCUT2D eigenvalue weighted by atomic mass is 9.93. The maximum atomic E-state index is 12.3. The molecule has 2 aliphatic rings. The Morgan fingerprint density at radius 2 is 2.00 bits per heavy atom. The zero-order valence-electron chi connectivity index (χ0n) is 14.6. The summed E-state index contributed by atoms with van der Waals surface area (Å²) in [4.78, 5) is 21.1. The number of piperidine rings is 1. The summed E-state index contributed by atoms with van der Waals surface area (Å²) in [5.74, 6) is 3.99. The number of carbonyl (C=O) groups is 1. The molecule has 2 saturated heterocycles. The van der Waals surface area contributed by atoms with Gasteiger partial charge in [0.2, 0.25) is 11.8 Å². The summed E-state index contributed by atoms with van der Waals surface area (Å²) in [5, 5.41) is 3.97. The lowest BCUT2D eigenvalue weighted by molar-refractivity contribution is -0.129. The predicted octanol–water partition coefficient (Wildman–Crippen LogP) is 1.99. The molecule has 0 aliphatic carbocycles. The van der Waals surface area contributed by atoms with E-state index >= 15 is 0 Å². The molecule has 24 heavy (non-hydrogen) atoms. The highest BCUT2D eigenvalue weighted by atomic mass is 32.2. The Hall–Kier alpha value is -1.08. The molecule has 3 rings (SSSR count). The fourth-order valence-electron chi connectivity index (χ4n) is 3.52. The number of carbonyl (C=O) groups excluding carboxylic acids is 1. The number of amides is 1. The monoisotopic (exact) mass is 352 g/mol. The Morgan fingerprint density at radius 3 is 2.67 bits per heavy atom. The van der Waals surface area contributed by atoms with Crippen molar-refractivity contribution in [1.82, 2.24) is 19.9 Å². The molecule has 1 amide bonds. The topological polar surface area (TPSA) is 62.5 Å². The van der Waals surface area contributed by atoms with Crippen LogP contribution in [0.4, 0.5) is 0 Å². The number of aryl methyl sites for hydroxylation is 1. The molecular formula is C17H28N4O2S. The molecule has 0 radical (unpaired) electrons. The van der Waals surface area contributed by atoms with Crippen LogP contribution in [0, 0.1) is 12.8 Å². The molecule has 0 aromatic carbocycles. The minimum Gasteiger partial charge on any atom is -0.342 e. The summed E-state index contributed by atoms with van der Waals surface area (Å²) in [7, 11) is 0. The van der Waals surface area contributed by atoms with Crippen molar-refractivity contribution in [2.24, 2.45) is 5.92 Å². The highest BCUT2D eigenvalue weighted by Gasteiger charge is 2.24. The molecule has 6 nitrogen and oxygen atoms in total. The minimum atomic E-state index is 0.301. The highest BCUT2D eigenvalue weighted by molar-refractivity contribution is 7.99. The first-order chi connectivity index (χ1) is 11.7. The van der Waals surface area contributed by atoms with E-state index in [1.807, 2.05) is 11.8 Å². The van der Waals surface area contributed by atoms with Crippen molar-refractivity contribution in [2.75, 3.05) is 44.2 Å². The number of likely N-dealkylation sites (tertiary alicyclic amines) is 2. The van der Waals surface area contributed by atoms with E-state index in [4.69, 9.17) is 4.52 Å². The molecule has 2 aliphatic heterocycles. The Balaban J connectivity index is 1.29. The molecule has 1 aromatic heterocycles. The van der Waals surface area contributed by atoms with Gasteiger partial charge in [0.15, 0.2) is 5.82 Å². The van der Waals surface area contributed by atoms with Crippen LogP contribution >= 0.6 is 11.8 Å². The normalized spacial score (nSPS) is 20.0. The van der Waals surface area contributed by atoms with Gasteiger partial charge in [-0.3, -0.25) is 4.79 Å². The zero-order chi connectivity index (χ0) is 16.8. The second-order valence-corrected chi connectivity index (χ2v) is 7.96. The van der Waals surface area contributed by atoms with Crippen molar-refractivity contribution >= 4 is 17.7 Å². The highest BCUT2D eigenvalue weighted by Crippen LogP contribution is 2.21. The quantitative estimate of drug-likeness (QED) is 0.700. The van der Waals surface area contributed by atoms with Crippen LogP contribution in [0.15, 0.2) is 4.52 Å². The van der Waals surface area contributed by atoms with E-state index in [1.165, 1.54) is 25.9 Å². The Kier molecular flexibility index (Phi) is 6.54. The van der Waals surface area contributed by atoms with Gasteiger partial charge in [0.05, 0.1) is 5.75 Å². The van der Waals surface area contributed by atoms with Gasteiger partial charge in [0.25, 0.3) is 0 Å². The van der Waals surface area contributed by atoms with Crippen LogP contribution in [0.2, 0.25) is 0 Å². The van der Waals surface area contributed by atoms with Gasteiger partial charge in [-0.15, -0.1) is 0 Å². The maximum absolute atomic E-state index is 12.3. The molecule has 0 bridgehead atoms. The van der Waals surface area contributed by atoms with Gasteiger partial charge in [0.1, 0.15) is 0 Å². The SMILES string of the molecule is Cc1nc(CC2CCN(C(=O)CSCCN3CCCC3)CC2)no1. The second kappa shape index (κ2) is 8.85. The molecule has 0 saturated carbocycles. The zero-order valence-corrected chi connectivity index (χ0v) is 15.4. The van der Waals surface area contributed by atoms with E-state index < -0.39 is 0 Å². The number of nitrogens with zero attached hydrogens (tertiary/aromatic N) is 4. The summed E-state index contributed by atoms with van der Waals surface area (Å²) in [6.07, 6.45) is 5.61. The third kappa shape index (κ3) is 5.21. The Morgan fingerprint density at radius 1 is 1.25 bits per heavy atom. The molecule has 0 spiro atoms. The second-order valence-electron chi connectivity index (χ2n) is 6.86. The van der Waals surface area contributed by atoms with Gasteiger partial charge in [-0.25, -0.2) is 0 Å². The fourth-order valence-corrected chi connectivity index (χ4v) is 4.41. The van der Waals surface area contributed by atoms with Crippen LogP contribution in [0.25, 0.3) is 0 Å². The average Bonchev–Trinajstić information content (AvgIpc) is 3.24. The van der Waals surface area contributed by atoms with Crippen LogP contribution in [-0.4, -0.2) is 70.1 Å². The molecule has 0 atom stereocenters. The lowest BCUT2D eigenvalue weighted by Gasteiger charge is -2.31. The lowest BCUT2D eigenvalue weighted by Crippen LogP contribution is -2.40. The van der Waals surface area contributed by atoms with Crippen molar-refractivity contribution in [3.63, 3.8) is 0 Å². The third-order valence-corrected chi connectivity index (χ3v) is 5.91. The van der Waals surface area contributed by atoms with Gasteiger partial charge in [-0.2, -0.15) is 16.7 Å². The Bertz CT molecular complexity index is 522. The average molecular weight is 353 g/mol. The Labute approximate surface area is 148 Å². The molecule has 7 heteroatoms. The number of hydrogen-bond acceptors (Lipinski definition) is 6. The number of rotatable bonds is 7. The van der Waals surface area contributed by atoms with Gasteiger partial charge in [-0.1, -0.05) is 5.16 Å². The third-order valence-electron chi connectivity index (χ3n) is 4.98. The number of aromatic nitrogens is 2.